The highest BCUT2D eigenvalue weighted by Crippen LogP contribution is 2.27. The number of thiazole rings is 1. The molecule has 0 spiro atoms. The molecule has 4 heteroatoms. The van der Waals surface area contributed by atoms with Crippen LogP contribution in [0.2, 0.25) is 0 Å². The van der Waals surface area contributed by atoms with Crippen molar-refractivity contribution in [3.63, 3.8) is 0 Å². The summed E-state index contributed by atoms with van der Waals surface area (Å²) in [7, 11) is 2.16. The molecule has 1 heterocycles. The molecule has 3 nitrogen and oxygen atoms in total. The summed E-state index contributed by atoms with van der Waals surface area (Å²) in [6.07, 6.45) is 4.72. The van der Waals surface area contributed by atoms with Crippen molar-refractivity contribution in [2.24, 2.45) is 0 Å². The van der Waals surface area contributed by atoms with E-state index in [1.807, 2.05) is 11.3 Å². The summed E-state index contributed by atoms with van der Waals surface area (Å²) in [4.78, 5) is 8.54. The first-order valence-electron chi connectivity index (χ1n) is 7.51. The van der Waals surface area contributed by atoms with Crippen LogP contribution in [-0.2, 0) is 13.0 Å². The van der Waals surface area contributed by atoms with Gasteiger partial charge >= 0.3 is 0 Å². The summed E-state index contributed by atoms with van der Waals surface area (Å²) in [5.41, 5.74) is 1.29. The molecule has 19 heavy (non-hydrogen) atoms. The first kappa shape index (κ1) is 16.4. The van der Waals surface area contributed by atoms with Crippen molar-refractivity contribution in [2.75, 3.05) is 18.5 Å². The standard InChI is InChI=1S/C15H29N3S/c1-6-8-10-18(5)15-17-13(9-7-2)14(19-15)11-16-12(3)4/h12,16H,6-11H2,1-5H3. The first-order valence-corrected chi connectivity index (χ1v) is 8.33. The Labute approximate surface area is 122 Å². The fraction of sp³-hybridized carbons (Fsp3) is 0.800. The Balaban J connectivity index is 2.74. The topological polar surface area (TPSA) is 28.2 Å². The van der Waals surface area contributed by atoms with Gasteiger partial charge in [-0.2, -0.15) is 0 Å². The normalized spacial score (nSPS) is 11.3. The Kier molecular flexibility index (Phi) is 7.39. The quantitative estimate of drug-likeness (QED) is 0.746. The van der Waals surface area contributed by atoms with E-state index in [9.17, 15) is 0 Å². The van der Waals surface area contributed by atoms with Gasteiger partial charge in [-0.25, -0.2) is 4.98 Å². The molecule has 0 aliphatic heterocycles. The van der Waals surface area contributed by atoms with E-state index in [1.54, 1.807) is 0 Å². The van der Waals surface area contributed by atoms with Crippen LogP contribution in [0.15, 0.2) is 0 Å². The van der Waals surface area contributed by atoms with Gasteiger partial charge < -0.3 is 10.2 Å². The molecule has 0 aliphatic rings. The lowest BCUT2D eigenvalue weighted by Crippen LogP contribution is -2.21. The SMILES string of the molecule is CCCCN(C)c1nc(CCC)c(CNC(C)C)s1. The van der Waals surface area contributed by atoms with Crippen LogP contribution in [0.5, 0.6) is 0 Å². The van der Waals surface area contributed by atoms with Crippen LogP contribution >= 0.6 is 11.3 Å². The third-order valence-electron chi connectivity index (χ3n) is 3.10. The van der Waals surface area contributed by atoms with E-state index < -0.39 is 0 Å². The molecule has 0 aromatic carbocycles. The summed E-state index contributed by atoms with van der Waals surface area (Å²) in [5, 5.41) is 4.69. The lowest BCUT2D eigenvalue weighted by Gasteiger charge is -2.14. The van der Waals surface area contributed by atoms with Crippen molar-refractivity contribution < 1.29 is 0 Å². The van der Waals surface area contributed by atoms with Gasteiger partial charge in [-0.1, -0.05) is 40.5 Å². The largest absolute Gasteiger partial charge is 0.351 e. The van der Waals surface area contributed by atoms with Crippen LogP contribution in [0.4, 0.5) is 5.13 Å². The van der Waals surface area contributed by atoms with Crippen molar-refractivity contribution in [3.8, 4) is 0 Å². The first-order chi connectivity index (χ1) is 9.08. The van der Waals surface area contributed by atoms with E-state index >= 15 is 0 Å². The molecule has 110 valence electrons. The maximum Gasteiger partial charge on any atom is 0.185 e. The van der Waals surface area contributed by atoms with E-state index in [2.05, 4.69) is 45.0 Å². The number of anilines is 1. The number of hydrogen-bond acceptors (Lipinski definition) is 4. The fourth-order valence-corrected chi connectivity index (χ4v) is 2.94. The Morgan fingerprint density at radius 3 is 2.58 bits per heavy atom. The second-order valence-electron chi connectivity index (χ2n) is 5.43. The summed E-state index contributed by atoms with van der Waals surface area (Å²) < 4.78 is 0. The molecule has 0 fully saturated rings. The minimum Gasteiger partial charge on any atom is -0.351 e. The zero-order chi connectivity index (χ0) is 14.3. The lowest BCUT2D eigenvalue weighted by atomic mass is 10.2. The monoisotopic (exact) mass is 283 g/mol. The Bertz CT molecular complexity index is 360. The Morgan fingerprint density at radius 1 is 1.26 bits per heavy atom. The van der Waals surface area contributed by atoms with Gasteiger partial charge in [-0.05, 0) is 12.8 Å². The van der Waals surface area contributed by atoms with Crippen molar-refractivity contribution >= 4 is 16.5 Å². The average molecular weight is 283 g/mol. The maximum atomic E-state index is 4.84. The van der Waals surface area contributed by atoms with Crippen molar-refractivity contribution in [2.45, 2.75) is 66.0 Å². The molecular weight excluding hydrogens is 254 g/mol. The summed E-state index contributed by atoms with van der Waals surface area (Å²) in [5.74, 6) is 0. The molecule has 0 atom stereocenters. The molecule has 1 aromatic rings. The molecule has 1 N–H and O–H groups in total. The molecule has 0 amide bonds. The van der Waals surface area contributed by atoms with E-state index in [-0.39, 0.29) is 0 Å². The summed E-state index contributed by atoms with van der Waals surface area (Å²) in [6.45, 7) is 10.9. The summed E-state index contributed by atoms with van der Waals surface area (Å²) >= 11 is 1.85. The van der Waals surface area contributed by atoms with Gasteiger partial charge in [0.15, 0.2) is 5.13 Å². The van der Waals surface area contributed by atoms with Crippen LogP contribution in [0, 0.1) is 0 Å². The average Bonchev–Trinajstić information content (AvgIpc) is 2.77. The third kappa shape index (κ3) is 5.49. The number of aromatic nitrogens is 1. The van der Waals surface area contributed by atoms with Crippen LogP contribution < -0.4 is 10.2 Å². The van der Waals surface area contributed by atoms with Gasteiger partial charge in [0.25, 0.3) is 0 Å². The molecule has 0 aliphatic carbocycles. The Hall–Kier alpha value is -0.610. The number of rotatable bonds is 9. The van der Waals surface area contributed by atoms with Crippen molar-refractivity contribution in [3.05, 3.63) is 10.6 Å². The maximum absolute atomic E-state index is 4.84. The predicted octanol–water partition coefficient (Wildman–Crippen LogP) is 3.83. The second kappa shape index (κ2) is 8.54. The number of aryl methyl sites for hydroxylation is 1. The van der Waals surface area contributed by atoms with Gasteiger partial charge in [-0.3, -0.25) is 0 Å². The molecule has 0 saturated heterocycles. The molecule has 0 saturated carbocycles. The number of unbranched alkanes of at least 4 members (excludes halogenated alkanes) is 1. The number of nitrogens with zero attached hydrogens (tertiary/aromatic N) is 2. The molecule has 1 rings (SSSR count). The smallest absolute Gasteiger partial charge is 0.185 e. The predicted molar refractivity (Wildman–Crippen MR) is 86.3 cm³/mol. The molecule has 0 unspecified atom stereocenters. The van der Waals surface area contributed by atoms with E-state index in [0.717, 1.165) is 25.9 Å². The number of hydrogen-bond donors (Lipinski definition) is 1. The van der Waals surface area contributed by atoms with Gasteiger partial charge in [0.1, 0.15) is 0 Å². The molecule has 1 aromatic heterocycles. The van der Waals surface area contributed by atoms with E-state index in [1.165, 1.54) is 28.5 Å². The molecule has 0 bridgehead atoms. The highest BCUT2D eigenvalue weighted by molar-refractivity contribution is 7.15. The molecule has 0 radical (unpaired) electrons. The van der Waals surface area contributed by atoms with Gasteiger partial charge in [0.2, 0.25) is 0 Å². The van der Waals surface area contributed by atoms with Crippen LogP contribution in [0.3, 0.4) is 0 Å². The highest BCUT2D eigenvalue weighted by Gasteiger charge is 2.13. The van der Waals surface area contributed by atoms with Gasteiger partial charge in [-0.15, -0.1) is 11.3 Å². The zero-order valence-corrected chi connectivity index (χ0v) is 13.9. The Morgan fingerprint density at radius 2 is 2.00 bits per heavy atom. The minimum absolute atomic E-state index is 0.526. The lowest BCUT2D eigenvalue weighted by molar-refractivity contribution is 0.589. The second-order valence-corrected chi connectivity index (χ2v) is 6.49. The minimum atomic E-state index is 0.526. The molecular formula is C15H29N3S. The zero-order valence-electron chi connectivity index (χ0n) is 13.1. The fourth-order valence-electron chi connectivity index (χ4n) is 1.89. The van der Waals surface area contributed by atoms with Crippen LogP contribution in [0.25, 0.3) is 0 Å². The number of nitrogens with one attached hydrogen (secondary N) is 1. The van der Waals surface area contributed by atoms with Crippen molar-refractivity contribution in [1.29, 1.82) is 0 Å². The highest BCUT2D eigenvalue weighted by atomic mass is 32.1. The van der Waals surface area contributed by atoms with Crippen LogP contribution in [0.1, 0.15) is 57.5 Å². The van der Waals surface area contributed by atoms with E-state index in [0.29, 0.717) is 6.04 Å². The van der Waals surface area contributed by atoms with Crippen LogP contribution in [-0.4, -0.2) is 24.6 Å². The third-order valence-corrected chi connectivity index (χ3v) is 4.31. The van der Waals surface area contributed by atoms with Crippen molar-refractivity contribution in [1.82, 2.24) is 10.3 Å². The van der Waals surface area contributed by atoms with E-state index in [4.69, 9.17) is 4.98 Å². The van der Waals surface area contributed by atoms with Gasteiger partial charge in [0, 0.05) is 31.1 Å². The van der Waals surface area contributed by atoms with Gasteiger partial charge in [0.05, 0.1) is 5.69 Å². The summed E-state index contributed by atoms with van der Waals surface area (Å²) in [6, 6.07) is 0.526.